The molecule has 0 heterocycles. The van der Waals surface area contributed by atoms with Gasteiger partial charge in [0.2, 0.25) is 0 Å². The number of nitrogens with two attached hydrogens (primary N) is 1. The smallest absolute Gasteiger partial charge is 0.184 e. The molecule has 0 aliphatic heterocycles. The van der Waals surface area contributed by atoms with Gasteiger partial charge in [-0.3, -0.25) is 5.43 Å². The van der Waals surface area contributed by atoms with E-state index in [1.807, 2.05) is 0 Å². The number of para-hydroxylation sites is 1. The van der Waals surface area contributed by atoms with Crippen molar-refractivity contribution in [1.29, 1.82) is 0 Å². The van der Waals surface area contributed by atoms with Gasteiger partial charge in [0.15, 0.2) is 5.11 Å². The van der Waals surface area contributed by atoms with Gasteiger partial charge in [0.05, 0.1) is 6.21 Å². The van der Waals surface area contributed by atoms with E-state index in [1.54, 1.807) is 24.3 Å². The molecule has 1 aromatic rings. The molecule has 68 valence electrons. The molecule has 0 spiro atoms. The summed E-state index contributed by atoms with van der Waals surface area (Å²) in [5, 5.41) is 13.1. The van der Waals surface area contributed by atoms with Crippen LogP contribution in [0.25, 0.3) is 0 Å². The highest BCUT2D eigenvalue weighted by atomic mass is 32.1. The molecule has 0 bridgehead atoms. The van der Waals surface area contributed by atoms with Crippen molar-refractivity contribution in [1.82, 2.24) is 5.43 Å². The van der Waals surface area contributed by atoms with Crippen molar-refractivity contribution in [2.75, 3.05) is 0 Å². The lowest BCUT2D eigenvalue weighted by atomic mass is 10.2. The molecule has 5 heteroatoms. The summed E-state index contributed by atoms with van der Waals surface area (Å²) in [7, 11) is 0. The lowest BCUT2D eigenvalue weighted by Gasteiger charge is -1.97. The zero-order chi connectivity index (χ0) is 9.68. The highest BCUT2D eigenvalue weighted by Crippen LogP contribution is 2.12. The minimum absolute atomic E-state index is 0.0895. The molecule has 0 aromatic heterocycles. The Labute approximate surface area is 81.1 Å². The quantitative estimate of drug-likeness (QED) is 0.366. The molecule has 0 fully saturated rings. The number of hydrogen-bond donors (Lipinski definition) is 3. The molecular formula is C8H9N3OS. The summed E-state index contributed by atoms with van der Waals surface area (Å²) in [6.07, 6.45) is 1.44. The standard InChI is InChI=1S/C8H9N3OS/c9-8(13)11-10-5-6-3-1-2-4-7(6)12/h1-5,12H,(H3,9,11,13). The van der Waals surface area contributed by atoms with Crippen LogP contribution in [0.1, 0.15) is 5.56 Å². The number of hydrogen-bond acceptors (Lipinski definition) is 3. The van der Waals surface area contributed by atoms with E-state index in [4.69, 9.17) is 5.73 Å². The van der Waals surface area contributed by atoms with E-state index in [2.05, 4.69) is 22.7 Å². The van der Waals surface area contributed by atoms with Crippen LogP contribution in [0.3, 0.4) is 0 Å². The van der Waals surface area contributed by atoms with Crippen LogP contribution in [0.15, 0.2) is 29.4 Å². The van der Waals surface area contributed by atoms with Gasteiger partial charge in [-0.05, 0) is 24.4 Å². The van der Waals surface area contributed by atoms with Crippen LogP contribution in [-0.2, 0) is 0 Å². The molecule has 0 aliphatic carbocycles. The van der Waals surface area contributed by atoms with E-state index in [9.17, 15) is 5.11 Å². The normalized spacial score (nSPS) is 10.2. The van der Waals surface area contributed by atoms with Crippen LogP contribution in [0.2, 0.25) is 0 Å². The second-order valence-corrected chi connectivity index (χ2v) is 2.73. The van der Waals surface area contributed by atoms with Crippen molar-refractivity contribution in [3.8, 4) is 5.75 Å². The van der Waals surface area contributed by atoms with Gasteiger partial charge in [-0.2, -0.15) is 5.10 Å². The van der Waals surface area contributed by atoms with Gasteiger partial charge >= 0.3 is 0 Å². The Morgan fingerprint density at radius 1 is 1.54 bits per heavy atom. The maximum Gasteiger partial charge on any atom is 0.184 e. The first-order valence-corrected chi connectivity index (χ1v) is 3.97. The first-order chi connectivity index (χ1) is 6.20. The zero-order valence-electron chi connectivity index (χ0n) is 6.77. The number of hydrazone groups is 1. The average molecular weight is 195 g/mol. The summed E-state index contributed by atoms with van der Waals surface area (Å²) in [4.78, 5) is 0. The van der Waals surface area contributed by atoms with Gasteiger partial charge in [-0.25, -0.2) is 0 Å². The van der Waals surface area contributed by atoms with Crippen molar-refractivity contribution in [3.05, 3.63) is 29.8 Å². The van der Waals surface area contributed by atoms with Crippen LogP contribution >= 0.6 is 12.2 Å². The van der Waals surface area contributed by atoms with Gasteiger partial charge < -0.3 is 10.8 Å². The third kappa shape index (κ3) is 3.08. The zero-order valence-corrected chi connectivity index (χ0v) is 7.58. The fourth-order valence-electron chi connectivity index (χ4n) is 0.762. The number of rotatable bonds is 2. The molecule has 4 nitrogen and oxygen atoms in total. The second-order valence-electron chi connectivity index (χ2n) is 2.29. The molecule has 0 aliphatic rings. The highest BCUT2D eigenvalue weighted by molar-refractivity contribution is 7.80. The maximum absolute atomic E-state index is 9.29. The molecule has 0 saturated heterocycles. The van der Waals surface area contributed by atoms with Crippen LogP contribution in [0.4, 0.5) is 0 Å². The number of phenols is 1. The van der Waals surface area contributed by atoms with Crippen LogP contribution in [-0.4, -0.2) is 16.4 Å². The first kappa shape index (κ1) is 9.47. The molecule has 1 rings (SSSR count). The van der Waals surface area contributed by atoms with Gasteiger partial charge in [0.25, 0.3) is 0 Å². The number of aromatic hydroxyl groups is 1. The average Bonchev–Trinajstić information content (AvgIpc) is 2.08. The van der Waals surface area contributed by atoms with E-state index in [0.29, 0.717) is 5.56 Å². The topological polar surface area (TPSA) is 70.6 Å². The number of nitrogens with one attached hydrogen (secondary N) is 1. The number of thiocarbonyl (C=S) groups is 1. The highest BCUT2D eigenvalue weighted by Gasteiger charge is 1.93. The van der Waals surface area contributed by atoms with Crippen molar-refractivity contribution >= 4 is 23.5 Å². The lowest BCUT2D eigenvalue weighted by molar-refractivity contribution is 0.474. The Bertz CT molecular complexity index is 338. The van der Waals surface area contributed by atoms with E-state index < -0.39 is 0 Å². The SMILES string of the molecule is NC(=S)NN=Cc1ccccc1O. The summed E-state index contributed by atoms with van der Waals surface area (Å²) in [5.74, 6) is 0.163. The van der Waals surface area contributed by atoms with Gasteiger partial charge in [0.1, 0.15) is 5.75 Å². The Morgan fingerprint density at radius 2 is 2.23 bits per heavy atom. The van der Waals surface area contributed by atoms with Gasteiger partial charge in [-0.15, -0.1) is 0 Å². The van der Waals surface area contributed by atoms with Crippen molar-refractivity contribution in [2.45, 2.75) is 0 Å². The number of nitrogens with zero attached hydrogens (tertiary/aromatic N) is 1. The Balaban J connectivity index is 2.68. The molecule has 0 saturated carbocycles. The Morgan fingerprint density at radius 3 is 2.85 bits per heavy atom. The third-order valence-corrected chi connectivity index (χ3v) is 1.41. The molecule has 0 radical (unpaired) electrons. The summed E-state index contributed by atoms with van der Waals surface area (Å²) in [5.41, 5.74) is 8.13. The van der Waals surface area contributed by atoms with Crippen molar-refractivity contribution in [2.24, 2.45) is 10.8 Å². The summed E-state index contributed by atoms with van der Waals surface area (Å²) in [6, 6.07) is 6.82. The Hall–Kier alpha value is -1.62. The Kier molecular flexibility index (Phi) is 3.22. The van der Waals surface area contributed by atoms with E-state index in [-0.39, 0.29) is 10.9 Å². The van der Waals surface area contributed by atoms with Crippen LogP contribution < -0.4 is 11.2 Å². The monoisotopic (exact) mass is 195 g/mol. The largest absolute Gasteiger partial charge is 0.507 e. The summed E-state index contributed by atoms with van der Waals surface area (Å²) < 4.78 is 0. The number of phenolic OH excluding ortho intramolecular Hbond substituents is 1. The van der Waals surface area contributed by atoms with E-state index in [0.717, 1.165) is 0 Å². The summed E-state index contributed by atoms with van der Waals surface area (Å²) in [6.45, 7) is 0. The van der Waals surface area contributed by atoms with E-state index >= 15 is 0 Å². The minimum Gasteiger partial charge on any atom is -0.507 e. The fraction of sp³-hybridized carbons (Fsp3) is 0. The van der Waals surface area contributed by atoms with Gasteiger partial charge in [0, 0.05) is 5.56 Å². The fourth-order valence-corrected chi connectivity index (χ4v) is 0.815. The molecule has 0 atom stereocenters. The lowest BCUT2D eigenvalue weighted by Crippen LogP contribution is -2.23. The molecule has 1 aromatic carbocycles. The third-order valence-electron chi connectivity index (χ3n) is 1.32. The minimum atomic E-state index is 0.0895. The van der Waals surface area contributed by atoms with Crippen molar-refractivity contribution < 1.29 is 5.11 Å². The summed E-state index contributed by atoms with van der Waals surface area (Å²) >= 11 is 4.53. The maximum atomic E-state index is 9.29. The molecule has 4 N–H and O–H groups in total. The number of benzene rings is 1. The molecule has 0 amide bonds. The predicted molar refractivity (Wildman–Crippen MR) is 55.6 cm³/mol. The first-order valence-electron chi connectivity index (χ1n) is 3.56. The predicted octanol–water partition coefficient (Wildman–Crippen LogP) is 0.559. The van der Waals surface area contributed by atoms with Crippen LogP contribution in [0.5, 0.6) is 5.75 Å². The second kappa shape index (κ2) is 4.42. The molecule has 13 heavy (non-hydrogen) atoms. The molecule has 0 unspecified atom stereocenters. The van der Waals surface area contributed by atoms with Crippen molar-refractivity contribution in [3.63, 3.8) is 0 Å². The van der Waals surface area contributed by atoms with Crippen LogP contribution in [0, 0.1) is 0 Å². The van der Waals surface area contributed by atoms with Gasteiger partial charge in [-0.1, -0.05) is 12.1 Å². The van der Waals surface area contributed by atoms with E-state index in [1.165, 1.54) is 6.21 Å². The molecular weight excluding hydrogens is 186 g/mol.